The Morgan fingerprint density at radius 3 is 2.54 bits per heavy atom. The van der Waals surface area contributed by atoms with Gasteiger partial charge in [0.05, 0.1) is 31.1 Å². The lowest BCUT2D eigenvalue weighted by Crippen LogP contribution is -2.52. The number of hydrogen-bond acceptors (Lipinski definition) is 6. The summed E-state index contributed by atoms with van der Waals surface area (Å²) in [5.41, 5.74) is 4.12. The van der Waals surface area contributed by atoms with Crippen molar-refractivity contribution in [3.63, 3.8) is 0 Å². The molecule has 204 valence electrons. The maximum atomic E-state index is 13.4. The SMILES string of the molecule is COC(=O)N1c2ccc(C3=C(NC4CCNCC4)CC=CC=C3)cc2N(C(=O)Oc2ccc(F)cc2)CC1C. The Balaban J connectivity index is 1.54. The number of carbonyl (C=O) groups is 2. The van der Waals surface area contributed by atoms with Gasteiger partial charge in [0.2, 0.25) is 0 Å². The summed E-state index contributed by atoms with van der Waals surface area (Å²) in [7, 11) is 1.34. The predicted molar refractivity (Wildman–Crippen MR) is 149 cm³/mol. The summed E-state index contributed by atoms with van der Waals surface area (Å²) < 4.78 is 24.0. The third-order valence-electron chi connectivity index (χ3n) is 7.21. The Hall–Kier alpha value is -4.11. The molecular formula is C30H33FN4O4. The number of allylic oxidation sites excluding steroid dienone is 5. The van der Waals surface area contributed by atoms with Crippen molar-refractivity contribution in [2.75, 3.05) is 36.5 Å². The highest BCUT2D eigenvalue weighted by atomic mass is 19.1. The number of anilines is 2. The molecule has 0 spiro atoms. The number of ether oxygens (including phenoxy) is 2. The molecule has 2 aromatic rings. The number of carbonyl (C=O) groups excluding carboxylic acids is 2. The fraction of sp³-hybridized carbons (Fsp3) is 0.333. The number of hydrogen-bond donors (Lipinski definition) is 2. The fourth-order valence-corrected chi connectivity index (χ4v) is 5.25. The van der Waals surface area contributed by atoms with Crippen molar-refractivity contribution < 1.29 is 23.5 Å². The molecule has 1 unspecified atom stereocenters. The Morgan fingerprint density at radius 2 is 1.79 bits per heavy atom. The lowest BCUT2D eigenvalue weighted by atomic mass is 9.97. The van der Waals surface area contributed by atoms with Gasteiger partial charge in [-0.3, -0.25) is 9.80 Å². The maximum absolute atomic E-state index is 13.4. The van der Waals surface area contributed by atoms with Crippen molar-refractivity contribution in [1.82, 2.24) is 10.6 Å². The van der Waals surface area contributed by atoms with Crippen molar-refractivity contribution in [3.05, 3.63) is 83.8 Å². The lowest BCUT2D eigenvalue weighted by Gasteiger charge is -2.39. The summed E-state index contributed by atoms with van der Waals surface area (Å²) in [6, 6.07) is 11.0. The first-order chi connectivity index (χ1) is 18.9. The molecule has 0 saturated carbocycles. The fourth-order valence-electron chi connectivity index (χ4n) is 5.25. The zero-order valence-corrected chi connectivity index (χ0v) is 22.2. The number of nitrogens with one attached hydrogen (secondary N) is 2. The first-order valence-electron chi connectivity index (χ1n) is 13.2. The molecule has 0 aromatic heterocycles. The number of nitrogens with zero attached hydrogens (tertiary/aromatic N) is 2. The molecule has 2 amide bonds. The topological polar surface area (TPSA) is 83.1 Å². The second-order valence-electron chi connectivity index (χ2n) is 9.88. The van der Waals surface area contributed by atoms with Gasteiger partial charge < -0.3 is 20.1 Å². The van der Waals surface area contributed by atoms with E-state index in [1.165, 1.54) is 36.3 Å². The van der Waals surface area contributed by atoms with E-state index in [0.29, 0.717) is 17.4 Å². The number of rotatable bonds is 4. The van der Waals surface area contributed by atoms with E-state index < -0.39 is 18.0 Å². The van der Waals surface area contributed by atoms with Gasteiger partial charge in [0.25, 0.3) is 0 Å². The average molecular weight is 533 g/mol. The van der Waals surface area contributed by atoms with Crippen LogP contribution >= 0.6 is 0 Å². The average Bonchev–Trinajstić information content (AvgIpc) is 3.19. The highest BCUT2D eigenvalue weighted by molar-refractivity contribution is 6.02. The standard InChI is InChI=1S/C30H33FN4O4/c1-20-19-34(29(36)39-24-11-9-22(31)10-12-24)28-18-21(8-13-27(28)35(20)30(37)38-2)25-6-4-3-5-7-26(25)33-23-14-16-32-17-15-23/h3-6,8-13,18,20,23,32-33H,7,14-17,19H2,1-2H3. The van der Waals surface area contributed by atoms with Gasteiger partial charge in [0.15, 0.2) is 0 Å². The minimum absolute atomic E-state index is 0.197. The van der Waals surface area contributed by atoms with Crippen LogP contribution in [0, 0.1) is 5.82 Å². The van der Waals surface area contributed by atoms with Crippen LogP contribution in [-0.2, 0) is 4.74 Å². The smallest absolute Gasteiger partial charge is 0.419 e. The molecule has 39 heavy (non-hydrogen) atoms. The Morgan fingerprint density at radius 1 is 1.03 bits per heavy atom. The van der Waals surface area contributed by atoms with Gasteiger partial charge in [-0.2, -0.15) is 0 Å². The van der Waals surface area contributed by atoms with E-state index in [2.05, 4.69) is 22.8 Å². The molecule has 1 saturated heterocycles. The van der Waals surface area contributed by atoms with Gasteiger partial charge in [0.1, 0.15) is 11.6 Å². The largest absolute Gasteiger partial charge is 0.452 e. The van der Waals surface area contributed by atoms with Gasteiger partial charge in [0, 0.05) is 23.7 Å². The lowest BCUT2D eigenvalue weighted by molar-refractivity contribution is 0.175. The molecule has 5 rings (SSSR count). The van der Waals surface area contributed by atoms with Crippen LogP contribution in [0.1, 0.15) is 31.7 Å². The van der Waals surface area contributed by atoms with E-state index in [-0.39, 0.29) is 18.3 Å². The van der Waals surface area contributed by atoms with E-state index in [4.69, 9.17) is 9.47 Å². The molecule has 0 bridgehead atoms. The Labute approximate surface area is 227 Å². The predicted octanol–water partition coefficient (Wildman–Crippen LogP) is 5.37. The summed E-state index contributed by atoms with van der Waals surface area (Å²) in [6.07, 6.45) is 9.96. The van der Waals surface area contributed by atoms with Crippen LogP contribution in [0.5, 0.6) is 5.75 Å². The van der Waals surface area contributed by atoms with E-state index in [1.54, 1.807) is 4.90 Å². The number of fused-ring (bicyclic) bond motifs is 1. The van der Waals surface area contributed by atoms with Crippen molar-refractivity contribution in [2.24, 2.45) is 0 Å². The van der Waals surface area contributed by atoms with E-state index in [1.807, 2.05) is 37.3 Å². The summed E-state index contributed by atoms with van der Waals surface area (Å²) in [6.45, 7) is 4.01. The van der Waals surface area contributed by atoms with Gasteiger partial charge in [-0.05, 0) is 74.8 Å². The van der Waals surface area contributed by atoms with E-state index in [9.17, 15) is 14.0 Å². The van der Waals surface area contributed by atoms with Crippen LogP contribution in [0.2, 0.25) is 0 Å². The molecule has 2 aromatic carbocycles. The van der Waals surface area contributed by atoms with Crippen molar-refractivity contribution in [2.45, 2.75) is 38.3 Å². The van der Waals surface area contributed by atoms with Crippen LogP contribution in [-0.4, -0.2) is 51.0 Å². The summed E-state index contributed by atoms with van der Waals surface area (Å²) in [4.78, 5) is 29.2. The summed E-state index contributed by atoms with van der Waals surface area (Å²) in [5.74, 6) is -0.186. The Kier molecular flexibility index (Phi) is 7.97. The molecule has 1 atom stereocenters. The van der Waals surface area contributed by atoms with E-state index in [0.717, 1.165) is 49.2 Å². The van der Waals surface area contributed by atoms with Crippen molar-refractivity contribution in [3.8, 4) is 5.75 Å². The zero-order valence-electron chi connectivity index (χ0n) is 22.2. The number of amides is 2. The minimum atomic E-state index is -0.614. The Bertz CT molecular complexity index is 1310. The van der Waals surface area contributed by atoms with Crippen molar-refractivity contribution in [1.29, 1.82) is 0 Å². The molecular weight excluding hydrogens is 499 g/mol. The summed E-state index contributed by atoms with van der Waals surface area (Å²) in [5, 5.41) is 7.16. The third kappa shape index (κ3) is 5.83. The molecule has 1 aliphatic carbocycles. The van der Waals surface area contributed by atoms with Gasteiger partial charge in [-0.25, -0.2) is 14.0 Å². The minimum Gasteiger partial charge on any atom is -0.452 e. The molecule has 9 heteroatoms. The second kappa shape index (κ2) is 11.7. The van der Waals surface area contributed by atoms with Gasteiger partial charge in [-0.1, -0.05) is 30.4 Å². The van der Waals surface area contributed by atoms with Crippen molar-refractivity contribution >= 4 is 29.1 Å². The van der Waals surface area contributed by atoms with Crippen LogP contribution in [0.15, 0.2) is 72.5 Å². The molecule has 0 radical (unpaired) electrons. The normalized spacial score (nSPS) is 19.4. The van der Waals surface area contributed by atoms with Gasteiger partial charge >= 0.3 is 12.2 Å². The van der Waals surface area contributed by atoms with Crippen LogP contribution < -0.4 is 25.2 Å². The first-order valence-corrected chi connectivity index (χ1v) is 13.2. The molecule has 2 heterocycles. The molecule has 2 aliphatic heterocycles. The third-order valence-corrected chi connectivity index (χ3v) is 7.21. The van der Waals surface area contributed by atoms with Crippen LogP contribution in [0.4, 0.5) is 25.4 Å². The number of piperidine rings is 1. The molecule has 3 aliphatic rings. The van der Waals surface area contributed by atoms with E-state index >= 15 is 0 Å². The molecule has 1 fully saturated rings. The molecule has 2 N–H and O–H groups in total. The second-order valence-corrected chi connectivity index (χ2v) is 9.88. The highest BCUT2D eigenvalue weighted by Crippen LogP contribution is 2.39. The zero-order chi connectivity index (χ0) is 27.4. The number of halogens is 1. The highest BCUT2D eigenvalue weighted by Gasteiger charge is 2.37. The maximum Gasteiger partial charge on any atom is 0.419 e. The van der Waals surface area contributed by atoms with Crippen LogP contribution in [0.25, 0.3) is 5.57 Å². The summed E-state index contributed by atoms with van der Waals surface area (Å²) >= 11 is 0. The van der Waals surface area contributed by atoms with Crippen LogP contribution in [0.3, 0.4) is 0 Å². The van der Waals surface area contributed by atoms with Gasteiger partial charge in [-0.15, -0.1) is 0 Å². The first kappa shape index (κ1) is 26.5. The number of methoxy groups -OCH3 is 1. The molecule has 8 nitrogen and oxygen atoms in total. The monoisotopic (exact) mass is 532 g/mol. The quantitative estimate of drug-likeness (QED) is 0.551. The number of benzene rings is 2.